The molecule has 0 amide bonds. The van der Waals surface area contributed by atoms with Gasteiger partial charge in [0.15, 0.2) is 0 Å². The van der Waals surface area contributed by atoms with E-state index >= 15 is 0 Å². The Labute approximate surface area is 141 Å². The minimum atomic E-state index is 0.742. The molecular weight excluding hydrogens is 300 g/mol. The molecule has 0 bridgehead atoms. The van der Waals surface area contributed by atoms with Crippen LogP contribution in [0.5, 0.6) is 0 Å². The van der Waals surface area contributed by atoms with Crippen LogP contribution in [0.15, 0.2) is 90.5 Å². The van der Waals surface area contributed by atoms with Crippen molar-refractivity contribution in [1.82, 2.24) is 0 Å². The van der Waals surface area contributed by atoms with Crippen LogP contribution in [-0.4, -0.2) is 0 Å². The molecule has 0 fully saturated rings. The minimum absolute atomic E-state index is 0.742. The SMILES string of the molecule is Clc1cccc(C(=C2[C]=CC=C2)c2cccc3ccccc23)c1. The van der Waals surface area contributed by atoms with Gasteiger partial charge in [0, 0.05) is 5.02 Å². The van der Waals surface area contributed by atoms with Crippen molar-refractivity contribution in [3.63, 3.8) is 0 Å². The summed E-state index contributed by atoms with van der Waals surface area (Å²) < 4.78 is 0. The largest absolute Gasteiger partial charge is 0.0843 e. The third-order valence-corrected chi connectivity index (χ3v) is 4.27. The van der Waals surface area contributed by atoms with Crippen LogP contribution in [0.25, 0.3) is 16.3 Å². The Hall–Kier alpha value is -2.57. The fourth-order valence-corrected chi connectivity index (χ4v) is 3.22. The molecule has 0 unspecified atom stereocenters. The molecule has 0 saturated heterocycles. The molecule has 0 spiro atoms. The summed E-state index contributed by atoms with van der Waals surface area (Å²) in [6.45, 7) is 0. The predicted octanol–water partition coefficient (Wildman–Crippen LogP) is 6.22. The normalized spacial score (nSPS) is 15.3. The molecule has 0 aromatic heterocycles. The van der Waals surface area contributed by atoms with Gasteiger partial charge in [-0.2, -0.15) is 0 Å². The maximum Gasteiger partial charge on any atom is 0.0412 e. The molecule has 1 aliphatic rings. The van der Waals surface area contributed by atoms with Gasteiger partial charge in [-0.25, -0.2) is 0 Å². The van der Waals surface area contributed by atoms with Crippen molar-refractivity contribution in [3.8, 4) is 0 Å². The Morgan fingerprint density at radius 1 is 0.870 bits per heavy atom. The van der Waals surface area contributed by atoms with E-state index in [2.05, 4.69) is 60.7 Å². The maximum absolute atomic E-state index is 6.23. The van der Waals surface area contributed by atoms with E-state index in [0.29, 0.717) is 0 Å². The maximum atomic E-state index is 6.23. The molecule has 1 heteroatoms. The van der Waals surface area contributed by atoms with Crippen molar-refractivity contribution >= 4 is 27.9 Å². The number of halogens is 1. The molecule has 109 valence electrons. The lowest BCUT2D eigenvalue weighted by Gasteiger charge is -2.14. The minimum Gasteiger partial charge on any atom is -0.0843 e. The molecule has 1 aliphatic carbocycles. The zero-order chi connectivity index (χ0) is 15.6. The highest BCUT2D eigenvalue weighted by molar-refractivity contribution is 6.30. The van der Waals surface area contributed by atoms with Crippen molar-refractivity contribution in [2.45, 2.75) is 0 Å². The van der Waals surface area contributed by atoms with Crippen molar-refractivity contribution in [3.05, 3.63) is 113 Å². The molecule has 4 rings (SSSR count). The summed E-state index contributed by atoms with van der Waals surface area (Å²) in [7, 11) is 0. The second-order valence-electron chi connectivity index (χ2n) is 5.50. The van der Waals surface area contributed by atoms with Gasteiger partial charge in [0.25, 0.3) is 0 Å². The summed E-state index contributed by atoms with van der Waals surface area (Å²) in [4.78, 5) is 0. The summed E-state index contributed by atoms with van der Waals surface area (Å²) >= 11 is 6.23. The van der Waals surface area contributed by atoms with Crippen LogP contribution in [0.2, 0.25) is 5.02 Å². The monoisotopic (exact) mass is 313 g/mol. The Kier molecular flexibility index (Phi) is 3.61. The zero-order valence-electron chi connectivity index (χ0n) is 12.5. The summed E-state index contributed by atoms with van der Waals surface area (Å²) in [6, 6.07) is 22.9. The molecule has 23 heavy (non-hydrogen) atoms. The average Bonchev–Trinajstić information content (AvgIpc) is 3.10. The topological polar surface area (TPSA) is 0 Å². The van der Waals surface area contributed by atoms with Gasteiger partial charge in [-0.1, -0.05) is 84.4 Å². The number of hydrogen-bond donors (Lipinski definition) is 0. The van der Waals surface area contributed by atoms with Gasteiger partial charge in [-0.05, 0) is 51.3 Å². The lowest BCUT2D eigenvalue weighted by Crippen LogP contribution is -1.93. The van der Waals surface area contributed by atoms with Crippen molar-refractivity contribution < 1.29 is 0 Å². The van der Waals surface area contributed by atoms with Crippen LogP contribution in [0.3, 0.4) is 0 Å². The van der Waals surface area contributed by atoms with Gasteiger partial charge in [-0.15, -0.1) is 0 Å². The highest BCUT2D eigenvalue weighted by Gasteiger charge is 2.13. The summed E-state index contributed by atoms with van der Waals surface area (Å²) in [6.07, 6.45) is 9.40. The molecule has 3 aromatic rings. The molecule has 0 aliphatic heterocycles. The third-order valence-electron chi connectivity index (χ3n) is 4.04. The van der Waals surface area contributed by atoms with E-state index in [1.807, 2.05) is 30.4 Å². The van der Waals surface area contributed by atoms with Crippen LogP contribution in [0.4, 0.5) is 0 Å². The highest BCUT2D eigenvalue weighted by atomic mass is 35.5. The number of hydrogen-bond acceptors (Lipinski definition) is 0. The number of rotatable bonds is 2. The van der Waals surface area contributed by atoms with Gasteiger partial charge < -0.3 is 0 Å². The molecule has 0 saturated carbocycles. The lowest BCUT2D eigenvalue weighted by molar-refractivity contribution is 1.54. The second-order valence-corrected chi connectivity index (χ2v) is 5.93. The van der Waals surface area contributed by atoms with Gasteiger partial charge in [0.05, 0.1) is 0 Å². The Balaban J connectivity index is 2.05. The fourth-order valence-electron chi connectivity index (χ4n) is 3.03. The van der Waals surface area contributed by atoms with Crippen LogP contribution >= 0.6 is 11.6 Å². The van der Waals surface area contributed by atoms with E-state index in [9.17, 15) is 0 Å². The average molecular weight is 314 g/mol. The smallest absolute Gasteiger partial charge is 0.0412 e. The van der Waals surface area contributed by atoms with Gasteiger partial charge in [0.1, 0.15) is 0 Å². The van der Waals surface area contributed by atoms with E-state index in [4.69, 9.17) is 11.6 Å². The van der Waals surface area contributed by atoms with E-state index in [0.717, 1.165) is 21.7 Å². The summed E-state index contributed by atoms with van der Waals surface area (Å²) in [5.41, 5.74) is 4.56. The number of benzene rings is 3. The van der Waals surface area contributed by atoms with Crippen LogP contribution < -0.4 is 0 Å². The first-order valence-electron chi connectivity index (χ1n) is 7.58. The lowest BCUT2D eigenvalue weighted by atomic mass is 9.90. The van der Waals surface area contributed by atoms with Crippen LogP contribution in [0.1, 0.15) is 11.1 Å². The van der Waals surface area contributed by atoms with Gasteiger partial charge in [-0.3, -0.25) is 0 Å². The fraction of sp³-hybridized carbons (Fsp3) is 0. The molecule has 3 aromatic carbocycles. The number of allylic oxidation sites excluding steroid dienone is 5. The van der Waals surface area contributed by atoms with Crippen molar-refractivity contribution in [2.24, 2.45) is 0 Å². The van der Waals surface area contributed by atoms with Crippen LogP contribution in [-0.2, 0) is 0 Å². The van der Waals surface area contributed by atoms with Gasteiger partial charge in [0.2, 0.25) is 0 Å². The Morgan fingerprint density at radius 2 is 1.70 bits per heavy atom. The van der Waals surface area contributed by atoms with E-state index in [1.165, 1.54) is 16.3 Å². The molecule has 1 radical (unpaired) electrons. The number of fused-ring (bicyclic) bond motifs is 1. The van der Waals surface area contributed by atoms with Gasteiger partial charge >= 0.3 is 0 Å². The Bertz CT molecular complexity index is 955. The second kappa shape index (κ2) is 5.91. The third kappa shape index (κ3) is 2.62. The van der Waals surface area contributed by atoms with E-state index in [-0.39, 0.29) is 0 Å². The van der Waals surface area contributed by atoms with E-state index < -0.39 is 0 Å². The van der Waals surface area contributed by atoms with Crippen LogP contribution in [0, 0.1) is 6.08 Å². The molecule has 0 heterocycles. The molecule has 0 atom stereocenters. The summed E-state index contributed by atoms with van der Waals surface area (Å²) in [5.74, 6) is 0. The molecular formula is C22H14Cl. The zero-order valence-corrected chi connectivity index (χ0v) is 13.2. The predicted molar refractivity (Wildman–Crippen MR) is 98.4 cm³/mol. The van der Waals surface area contributed by atoms with E-state index in [1.54, 1.807) is 0 Å². The van der Waals surface area contributed by atoms with Crippen molar-refractivity contribution in [1.29, 1.82) is 0 Å². The standard InChI is InChI=1S/C22H14Cl/c23-19-12-5-11-18(15-19)22(17-8-1-2-9-17)21-14-6-10-16-7-3-4-13-20(16)21/h1-8,10-15H. The highest BCUT2D eigenvalue weighted by Crippen LogP contribution is 2.34. The first-order valence-corrected chi connectivity index (χ1v) is 7.95. The molecule has 0 N–H and O–H groups in total. The first kappa shape index (κ1) is 14.0. The summed E-state index contributed by atoms with van der Waals surface area (Å²) in [5, 5.41) is 3.21. The quantitative estimate of drug-likeness (QED) is 0.526. The van der Waals surface area contributed by atoms with Crippen molar-refractivity contribution in [2.75, 3.05) is 0 Å². The molecule has 0 nitrogen and oxygen atoms in total. The Morgan fingerprint density at radius 3 is 2.52 bits per heavy atom. The first-order chi connectivity index (χ1) is 11.3.